The van der Waals surface area contributed by atoms with E-state index < -0.39 is 28.5 Å². The maximum atomic E-state index is 12.5. The number of aryl methyl sites for hydroxylation is 1. The number of carbonyl (C=O) groups excluding carboxylic acids is 2. The molecule has 27 heavy (non-hydrogen) atoms. The summed E-state index contributed by atoms with van der Waals surface area (Å²) in [5.41, 5.74) is 1.35. The van der Waals surface area contributed by atoms with Crippen LogP contribution in [0.5, 0.6) is 0 Å². The summed E-state index contributed by atoms with van der Waals surface area (Å²) in [7, 11) is -3.88. The second-order valence-corrected chi connectivity index (χ2v) is 7.35. The summed E-state index contributed by atoms with van der Waals surface area (Å²) >= 11 is 0. The van der Waals surface area contributed by atoms with Crippen molar-refractivity contribution in [3.8, 4) is 0 Å². The fraction of sp³-hybridized carbons (Fsp3) is 0.158. The van der Waals surface area contributed by atoms with Crippen LogP contribution < -0.4 is 10.0 Å². The van der Waals surface area contributed by atoms with Crippen molar-refractivity contribution < 1.29 is 22.7 Å². The summed E-state index contributed by atoms with van der Waals surface area (Å²) in [5.74, 6) is -1.27. The molecule has 7 nitrogen and oxygen atoms in total. The van der Waals surface area contributed by atoms with Gasteiger partial charge >= 0.3 is 5.97 Å². The van der Waals surface area contributed by atoms with E-state index in [9.17, 15) is 18.0 Å². The molecule has 0 atom stereocenters. The Hall–Kier alpha value is -3.13. The van der Waals surface area contributed by atoms with Crippen molar-refractivity contribution in [2.45, 2.75) is 11.8 Å². The average molecular weight is 388 g/mol. The first kappa shape index (κ1) is 20.2. The lowest BCUT2D eigenvalue weighted by Gasteiger charge is -2.10. The highest BCUT2D eigenvalue weighted by Gasteiger charge is 2.17. The van der Waals surface area contributed by atoms with E-state index in [1.807, 2.05) is 13.0 Å². The van der Waals surface area contributed by atoms with Crippen LogP contribution in [0.1, 0.15) is 15.9 Å². The van der Waals surface area contributed by atoms with Gasteiger partial charge < -0.3 is 10.1 Å². The largest absolute Gasteiger partial charge is 0.452 e. The normalized spacial score (nSPS) is 10.7. The molecular formula is C19H20N2O5S. The molecule has 2 aromatic carbocycles. The molecule has 0 spiro atoms. The molecule has 0 aliphatic heterocycles. The fourth-order valence-electron chi connectivity index (χ4n) is 2.16. The van der Waals surface area contributed by atoms with Crippen LogP contribution in [0.2, 0.25) is 0 Å². The van der Waals surface area contributed by atoms with E-state index in [2.05, 4.69) is 16.6 Å². The first-order chi connectivity index (χ1) is 12.8. The van der Waals surface area contributed by atoms with Gasteiger partial charge in [-0.1, -0.05) is 24.3 Å². The van der Waals surface area contributed by atoms with E-state index in [1.165, 1.54) is 30.3 Å². The van der Waals surface area contributed by atoms with Gasteiger partial charge in [-0.3, -0.25) is 9.52 Å². The monoisotopic (exact) mass is 388 g/mol. The molecule has 0 bridgehead atoms. The van der Waals surface area contributed by atoms with Crippen LogP contribution >= 0.6 is 0 Å². The lowest BCUT2D eigenvalue weighted by atomic mass is 10.2. The van der Waals surface area contributed by atoms with Crippen molar-refractivity contribution >= 4 is 27.6 Å². The van der Waals surface area contributed by atoms with Crippen LogP contribution in [0.25, 0.3) is 0 Å². The summed E-state index contributed by atoms with van der Waals surface area (Å²) in [6, 6.07) is 12.3. The van der Waals surface area contributed by atoms with Gasteiger partial charge in [0.2, 0.25) is 0 Å². The molecule has 0 fully saturated rings. The van der Waals surface area contributed by atoms with Crippen LogP contribution in [0, 0.1) is 6.92 Å². The Bertz CT molecular complexity index is 954. The van der Waals surface area contributed by atoms with Gasteiger partial charge in [0, 0.05) is 12.2 Å². The third-order valence-corrected chi connectivity index (χ3v) is 4.81. The Morgan fingerprint density at radius 1 is 1.15 bits per heavy atom. The molecule has 8 heteroatoms. The predicted octanol–water partition coefficient (Wildman–Crippen LogP) is 2.25. The Kier molecular flexibility index (Phi) is 6.73. The number of ether oxygens (including phenoxy) is 1. The third kappa shape index (κ3) is 5.96. The highest BCUT2D eigenvalue weighted by atomic mass is 32.2. The Labute approximate surface area is 158 Å². The number of hydrogen-bond donors (Lipinski definition) is 2. The van der Waals surface area contributed by atoms with Crippen molar-refractivity contribution in [2.24, 2.45) is 0 Å². The van der Waals surface area contributed by atoms with E-state index >= 15 is 0 Å². The number of sulfonamides is 1. The SMILES string of the molecule is C=CCNC(=O)COC(=O)c1cccc(S(=O)(=O)Nc2cccc(C)c2)c1. The molecule has 2 N–H and O–H groups in total. The summed E-state index contributed by atoms with van der Waals surface area (Å²) in [4.78, 5) is 23.4. The van der Waals surface area contributed by atoms with Gasteiger partial charge in [-0.25, -0.2) is 13.2 Å². The van der Waals surface area contributed by atoms with E-state index in [-0.39, 0.29) is 17.0 Å². The van der Waals surface area contributed by atoms with E-state index in [1.54, 1.807) is 18.2 Å². The minimum atomic E-state index is -3.88. The van der Waals surface area contributed by atoms with Crippen molar-refractivity contribution in [3.63, 3.8) is 0 Å². The molecule has 0 aromatic heterocycles. The molecule has 0 aliphatic carbocycles. The molecule has 0 saturated carbocycles. The quantitative estimate of drug-likeness (QED) is 0.533. The molecule has 0 heterocycles. The fourth-order valence-corrected chi connectivity index (χ4v) is 3.26. The standard InChI is InChI=1S/C19H20N2O5S/c1-3-10-20-18(22)13-26-19(23)15-7-5-9-17(12-15)27(24,25)21-16-8-4-6-14(2)11-16/h3-9,11-12,21H,1,10,13H2,2H3,(H,20,22). The zero-order chi connectivity index (χ0) is 19.9. The lowest BCUT2D eigenvalue weighted by Crippen LogP contribution is -2.28. The van der Waals surface area contributed by atoms with Gasteiger partial charge in [-0.15, -0.1) is 6.58 Å². The lowest BCUT2D eigenvalue weighted by molar-refractivity contribution is -0.124. The number of anilines is 1. The molecule has 2 rings (SSSR count). The van der Waals surface area contributed by atoms with Gasteiger partial charge in [-0.05, 0) is 42.8 Å². The summed E-state index contributed by atoms with van der Waals surface area (Å²) < 4.78 is 32.4. The van der Waals surface area contributed by atoms with Gasteiger partial charge in [0.15, 0.2) is 6.61 Å². The topological polar surface area (TPSA) is 102 Å². The summed E-state index contributed by atoms with van der Waals surface area (Å²) in [6.45, 7) is 5.10. The van der Waals surface area contributed by atoms with Crippen LogP contribution in [-0.4, -0.2) is 33.4 Å². The molecule has 2 aromatic rings. The molecule has 0 aliphatic rings. The number of rotatable bonds is 8. The first-order valence-electron chi connectivity index (χ1n) is 8.06. The third-order valence-electron chi connectivity index (χ3n) is 3.43. The molecule has 1 amide bonds. The van der Waals surface area contributed by atoms with Gasteiger partial charge in [0.05, 0.1) is 10.5 Å². The highest BCUT2D eigenvalue weighted by Crippen LogP contribution is 2.18. The number of nitrogens with one attached hydrogen (secondary N) is 2. The predicted molar refractivity (Wildman–Crippen MR) is 102 cm³/mol. The first-order valence-corrected chi connectivity index (χ1v) is 9.54. The summed E-state index contributed by atoms with van der Waals surface area (Å²) in [5, 5.41) is 2.47. The summed E-state index contributed by atoms with van der Waals surface area (Å²) in [6.07, 6.45) is 1.50. The van der Waals surface area contributed by atoms with Crippen molar-refractivity contribution in [1.82, 2.24) is 5.32 Å². The Morgan fingerprint density at radius 2 is 1.89 bits per heavy atom. The van der Waals surface area contributed by atoms with Crippen molar-refractivity contribution in [3.05, 3.63) is 72.3 Å². The number of esters is 1. The maximum Gasteiger partial charge on any atom is 0.338 e. The highest BCUT2D eigenvalue weighted by molar-refractivity contribution is 7.92. The molecule has 0 unspecified atom stereocenters. The van der Waals surface area contributed by atoms with E-state index in [0.29, 0.717) is 5.69 Å². The van der Waals surface area contributed by atoms with E-state index in [4.69, 9.17) is 4.74 Å². The minimum Gasteiger partial charge on any atom is -0.452 e. The van der Waals surface area contributed by atoms with Crippen LogP contribution in [0.15, 0.2) is 66.1 Å². The average Bonchev–Trinajstić information content (AvgIpc) is 2.64. The van der Waals surface area contributed by atoms with Crippen LogP contribution in [-0.2, 0) is 19.6 Å². The van der Waals surface area contributed by atoms with Gasteiger partial charge in [0.25, 0.3) is 15.9 Å². The second-order valence-electron chi connectivity index (χ2n) is 5.67. The number of hydrogen-bond acceptors (Lipinski definition) is 5. The zero-order valence-corrected chi connectivity index (χ0v) is 15.6. The van der Waals surface area contributed by atoms with Gasteiger partial charge in [0.1, 0.15) is 0 Å². The van der Waals surface area contributed by atoms with Crippen LogP contribution in [0.4, 0.5) is 5.69 Å². The molecular weight excluding hydrogens is 368 g/mol. The maximum absolute atomic E-state index is 12.5. The van der Waals surface area contributed by atoms with Crippen LogP contribution in [0.3, 0.4) is 0 Å². The number of carbonyl (C=O) groups is 2. The number of benzene rings is 2. The van der Waals surface area contributed by atoms with E-state index in [0.717, 1.165) is 5.56 Å². The zero-order valence-electron chi connectivity index (χ0n) is 14.8. The molecule has 0 radical (unpaired) electrons. The van der Waals surface area contributed by atoms with Crippen molar-refractivity contribution in [2.75, 3.05) is 17.9 Å². The second kappa shape index (κ2) is 9.00. The smallest absolute Gasteiger partial charge is 0.338 e. The molecule has 0 saturated heterocycles. The molecule has 142 valence electrons. The Morgan fingerprint density at radius 3 is 2.59 bits per heavy atom. The minimum absolute atomic E-state index is 0.0265. The van der Waals surface area contributed by atoms with Crippen molar-refractivity contribution in [1.29, 1.82) is 0 Å². The number of amides is 1. The van der Waals surface area contributed by atoms with Gasteiger partial charge in [-0.2, -0.15) is 0 Å². The Balaban J connectivity index is 2.10.